The lowest BCUT2D eigenvalue weighted by atomic mass is 9.97. The molecular formula is C17H15IN2. The minimum absolute atomic E-state index is 0.203. The third-order valence-electron chi connectivity index (χ3n) is 3.43. The Kier molecular flexibility index (Phi) is 3.98. The third kappa shape index (κ3) is 2.69. The highest BCUT2D eigenvalue weighted by Crippen LogP contribution is 2.25. The van der Waals surface area contributed by atoms with Gasteiger partial charge in [0.25, 0.3) is 0 Å². The van der Waals surface area contributed by atoms with Gasteiger partial charge in [0.05, 0.1) is 11.6 Å². The number of aromatic nitrogens is 1. The normalized spacial score (nSPS) is 12.5. The van der Waals surface area contributed by atoms with E-state index < -0.39 is 0 Å². The van der Waals surface area contributed by atoms with Crippen molar-refractivity contribution in [1.82, 2.24) is 10.3 Å². The van der Waals surface area contributed by atoms with E-state index in [9.17, 15) is 0 Å². The molecule has 0 saturated heterocycles. The standard InChI is InChI=1S/C17H15IN2/c1-19-17(13-4-2-6-15(18)11-13)14-7-8-16-12(10-14)5-3-9-20-16/h2-11,17,19H,1H3. The van der Waals surface area contributed by atoms with Crippen molar-refractivity contribution < 1.29 is 0 Å². The molecule has 1 unspecified atom stereocenters. The highest BCUT2D eigenvalue weighted by atomic mass is 127. The van der Waals surface area contributed by atoms with Gasteiger partial charge in [0.15, 0.2) is 0 Å². The molecule has 1 aromatic heterocycles. The summed E-state index contributed by atoms with van der Waals surface area (Å²) in [6, 6.07) is 19.3. The van der Waals surface area contributed by atoms with Crippen LogP contribution in [0.5, 0.6) is 0 Å². The lowest BCUT2D eigenvalue weighted by Gasteiger charge is -2.18. The van der Waals surface area contributed by atoms with Crippen LogP contribution in [0.3, 0.4) is 0 Å². The summed E-state index contributed by atoms with van der Waals surface area (Å²) >= 11 is 2.35. The highest BCUT2D eigenvalue weighted by Gasteiger charge is 2.12. The van der Waals surface area contributed by atoms with Crippen molar-refractivity contribution in [1.29, 1.82) is 0 Å². The van der Waals surface area contributed by atoms with Crippen LogP contribution < -0.4 is 5.32 Å². The zero-order valence-electron chi connectivity index (χ0n) is 11.2. The average molecular weight is 374 g/mol. The van der Waals surface area contributed by atoms with Gasteiger partial charge in [-0.25, -0.2) is 0 Å². The Bertz CT molecular complexity index is 740. The molecule has 2 nitrogen and oxygen atoms in total. The predicted molar refractivity (Wildman–Crippen MR) is 91.8 cm³/mol. The first kappa shape index (κ1) is 13.5. The van der Waals surface area contributed by atoms with Gasteiger partial charge in [-0.1, -0.05) is 24.3 Å². The van der Waals surface area contributed by atoms with E-state index in [2.05, 4.69) is 81.4 Å². The zero-order valence-corrected chi connectivity index (χ0v) is 13.3. The Balaban J connectivity index is 2.07. The second kappa shape index (κ2) is 5.89. The fourth-order valence-corrected chi connectivity index (χ4v) is 3.05. The number of halogens is 1. The van der Waals surface area contributed by atoms with E-state index in [1.165, 1.54) is 20.1 Å². The topological polar surface area (TPSA) is 24.9 Å². The lowest BCUT2D eigenvalue weighted by molar-refractivity contribution is 0.692. The molecule has 20 heavy (non-hydrogen) atoms. The molecule has 0 aliphatic carbocycles. The minimum Gasteiger partial charge on any atom is -0.309 e. The van der Waals surface area contributed by atoms with E-state index in [4.69, 9.17) is 0 Å². The Hall–Kier alpha value is -1.46. The first-order valence-corrected chi connectivity index (χ1v) is 7.63. The molecule has 100 valence electrons. The molecule has 1 heterocycles. The van der Waals surface area contributed by atoms with E-state index in [0.29, 0.717) is 0 Å². The van der Waals surface area contributed by atoms with Gasteiger partial charge in [-0.3, -0.25) is 4.98 Å². The van der Waals surface area contributed by atoms with Crippen molar-refractivity contribution in [2.75, 3.05) is 7.05 Å². The summed E-state index contributed by atoms with van der Waals surface area (Å²) in [5.41, 5.74) is 3.58. The fourth-order valence-electron chi connectivity index (χ4n) is 2.49. The molecule has 3 aromatic rings. The van der Waals surface area contributed by atoms with E-state index in [-0.39, 0.29) is 6.04 Å². The molecule has 2 aromatic carbocycles. The first-order chi connectivity index (χ1) is 9.78. The number of nitrogens with zero attached hydrogens (tertiary/aromatic N) is 1. The lowest BCUT2D eigenvalue weighted by Crippen LogP contribution is -2.17. The fraction of sp³-hybridized carbons (Fsp3) is 0.118. The number of rotatable bonds is 3. The van der Waals surface area contributed by atoms with Crippen LogP contribution in [0, 0.1) is 3.57 Å². The molecule has 0 saturated carbocycles. The minimum atomic E-state index is 0.203. The van der Waals surface area contributed by atoms with Gasteiger partial charge < -0.3 is 5.32 Å². The van der Waals surface area contributed by atoms with Crippen LogP contribution in [-0.4, -0.2) is 12.0 Å². The highest BCUT2D eigenvalue weighted by molar-refractivity contribution is 14.1. The van der Waals surface area contributed by atoms with E-state index >= 15 is 0 Å². The largest absolute Gasteiger partial charge is 0.309 e. The zero-order chi connectivity index (χ0) is 13.9. The number of fused-ring (bicyclic) bond motifs is 1. The summed E-state index contributed by atoms with van der Waals surface area (Å²) in [6.45, 7) is 0. The van der Waals surface area contributed by atoms with E-state index in [1.807, 2.05) is 19.3 Å². The number of hydrogen-bond donors (Lipinski definition) is 1. The van der Waals surface area contributed by atoms with Gasteiger partial charge in [0.1, 0.15) is 0 Å². The molecule has 1 N–H and O–H groups in total. The summed E-state index contributed by atoms with van der Waals surface area (Å²) in [5.74, 6) is 0. The quantitative estimate of drug-likeness (QED) is 0.697. The van der Waals surface area contributed by atoms with Crippen LogP contribution in [0.2, 0.25) is 0 Å². The molecule has 0 aliphatic heterocycles. The number of pyridine rings is 1. The molecule has 3 heteroatoms. The smallest absolute Gasteiger partial charge is 0.0702 e. The summed E-state index contributed by atoms with van der Waals surface area (Å²) in [6.07, 6.45) is 1.83. The molecular weight excluding hydrogens is 359 g/mol. The summed E-state index contributed by atoms with van der Waals surface area (Å²) in [4.78, 5) is 4.37. The molecule has 0 spiro atoms. The number of benzene rings is 2. The Morgan fingerprint density at radius 1 is 1.00 bits per heavy atom. The Morgan fingerprint density at radius 2 is 1.85 bits per heavy atom. The van der Waals surface area contributed by atoms with Crippen molar-refractivity contribution in [2.24, 2.45) is 0 Å². The van der Waals surface area contributed by atoms with Crippen molar-refractivity contribution in [3.63, 3.8) is 0 Å². The van der Waals surface area contributed by atoms with Gasteiger partial charge in [-0.15, -0.1) is 0 Å². The predicted octanol–water partition coefficient (Wildman–Crippen LogP) is 4.15. The van der Waals surface area contributed by atoms with Crippen molar-refractivity contribution in [3.8, 4) is 0 Å². The summed E-state index contributed by atoms with van der Waals surface area (Å²) in [5, 5.41) is 4.58. The molecule has 0 bridgehead atoms. The van der Waals surface area contributed by atoms with Crippen LogP contribution in [0.1, 0.15) is 17.2 Å². The van der Waals surface area contributed by atoms with Gasteiger partial charge in [-0.2, -0.15) is 0 Å². The first-order valence-electron chi connectivity index (χ1n) is 6.55. The van der Waals surface area contributed by atoms with Crippen LogP contribution in [-0.2, 0) is 0 Å². The van der Waals surface area contributed by atoms with Gasteiger partial charge in [0, 0.05) is 15.2 Å². The summed E-state index contributed by atoms with van der Waals surface area (Å²) < 4.78 is 1.25. The second-order valence-corrected chi connectivity index (χ2v) is 5.98. The van der Waals surface area contributed by atoms with Crippen LogP contribution in [0.15, 0.2) is 60.8 Å². The van der Waals surface area contributed by atoms with Crippen LogP contribution in [0.4, 0.5) is 0 Å². The van der Waals surface area contributed by atoms with Gasteiger partial charge in [0.2, 0.25) is 0 Å². The van der Waals surface area contributed by atoms with Crippen molar-refractivity contribution in [3.05, 3.63) is 75.5 Å². The van der Waals surface area contributed by atoms with Crippen LogP contribution in [0.25, 0.3) is 10.9 Å². The maximum absolute atomic E-state index is 4.37. The van der Waals surface area contributed by atoms with Crippen molar-refractivity contribution in [2.45, 2.75) is 6.04 Å². The van der Waals surface area contributed by atoms with E-state index in [0.717, 1.165) is 5.52 Å². The number of nitrogens with one attached hydrogen (secondary N) is 1. The molecule has 0 fully saturated rings. The monoisotopic (exact) mass is 374 g/mol. The van der Waals surface area contributed by atoms with Gasteiger partial charge in [-0.05, 0) is 71.1 Å². The van der Waals surface area contributed by atoms with Gasteiger partial charge >= 0.3 is 0 Å². The van der Waals surface area contributed by atoms with Crippen LogP contribution >= 0.6 is 22.6 Å². The molecule has 0 radical (unpaired) electrons. The molecule has 3 rings (SSSR count). The third-order valence-corrected chi connectivity index (χ3v) is 4.10. The maximum atomic E-state index is 4.37. The average Bonchev–Trinajstić information content (AvgIpc) is 2.48. The molecule has 1 atom stereocenters. The summed E-state index contributed by atoms with van der Waals surface area (Å²) in [7, 11) is 2.00. The Morgan fingerprint density at radius 3 is 2.65 bits per heavy atom. The molecule has 0 aliphatic rings. The molecule has 0 amide bonds. The second-order valence-electron chi connectivity index (χ2n) is 4.73. The van der Waals surface area contributed by atoms with Crippen molar-refractivity contribution >= 4 is 33.5 Å². The van der Waals surface area contributed by atoms with E-state index in [1.54, 1.807) is 0 Å². The number of hydrogen-bond acceptors (Lipinski definition) is 2. The Labute approximate surface area is 132 Å². The SMILES string of the molecule is CNC(c1cccc(I)c1)c1ccc2ncccc2c1. The maximum Gasteiger partial charge on any atom is 0.0702 e.